The number of nitrogens with zero attached hydrogens (tertiary/aromatic N) is 1. The normalized spacial score (nSPS) is 17.9. The summed E-state index contributed by atoms with van der Waals surface area (Å²) in [4.78, 5) is 16.6. The van der Waals surface area contributed by atoms with Crippen LogP contribution >= 0.6 is 0 Å². The zero-order valence-corrected chi connectivity index (χ0v) is 9.05. The summed E-state index contributed by atoms with van der Waals surface area (Å²) in [6, 6.07) is 1.95. The van der Waals surface area contributed by atoms with Crippen LogP contribution in [-0.4, -0.2) is 41.8 Å². The number of aromatic amines is 1. The van der Waals surface area contributed by atoms with Crippen LogP contribution in [0, 0.1) is 0 Å². The number of rotatable bonds is 3. The number of nitrogens with one attached hydrogen (secondary N) is 2. The molecular formula is C11H17N3O. The fraction of sp³-hybridized carbons (Fsp3) is 0.545. The van der Waals surface area contributed by atoms with Crippen molar-refractivity contribution in [3.63, 3.8) is 0 Å². The molecule has 0 bridgehead atoms. The van der Waals surface area contributed by atoms with E-state index in [0.717, 1.165) is 44.0 Å². The fourth-order valence-corrected chi connectivity index (χ4v) is 1.85. The molecule has 1 saturated heterocycles. The average molecular weight is 207 g/mol. The van der Waals surface area contributed by atoms with Gasteiger partial charge >= 0.3 is 0 Å². The number of Topliss-reactive ketones (excluding diaryl/α,β-unsaturated/α-hetero) is 1. The Bertz CT molecular complexity index is 339. The molecule has 1 aliphatic rings. The van der Waals surface area contributed by atoms with Gasteiger partial charge in [0.25, 0.3) is 0 Å². The highest BCUT2D eigenvalue weighted by molar-refractivity contribution is 5.94. The van der Waals surface area contributed by atoms with Gasteiger partial charge in [-0.05, 0) is 13.0 Å². The first-order chi connectivity index (χ1) is 7.25. The van der Waals surface area contributed by atoms with E-state index in [0.29, 0.717) is 0 Å². The molecule has 0 spiro atoms. The third-order valence-electron chi connectivity index (χ3n) is 2.75. The van der Waals surface area contributed by atoms with Gasteiger partial charge in [0.1, 0.15) is 0 Å². The van der Waals surface area contributed by atoms with Gasteiger partial charge in [0, 0.05) is 50.2 Å². The van der Waals surface area contributed by atoms with Gasteiger partial charge in [0.05, 0.1) is 0 Å². The maximum absolute atomic E-state index is 11.1. The van der Waals surface area contributed by atoms with E-state index in [1.54, 1.807) is 13.1 Å². The molecule has 4 nitrogen and oxygen atoms in total. The zero-order valence-electron chi connectivity index (χ0n) is 9.05. The lowest BCUT2D eigenvalue weighted by Crippen LogP contribution is -2.42. The average Bonchev–Trinajstić information content (AvgIpc) is 2.68. The molecular weight excluding hydrogens is 190 g/mol. The van der Waals surface area contributed by atoms with Gasteiger partial charge in [-0.25, -0.2) is 0 Å². The molecule has 82 valence electrons. The molecule has 0 aromatic carbocycles. The first-order valence-corrected chi connectivity index (χ1v) is 5.37. The Labute approximate surface area is 89.7 Å². The van der Waals surface area contributed by atoms with Crippen molar-refractivity contribution >= 4 is 5.78 Å². The van der Waals surface area contributed by atoms with Gasteiger partial charge in [-0.3, -0.25) is 9.69 Å². The molecule has 1 aliphatic heterocycles. The molecule has 0 unspecified atom stereocenters. The molecule has 0 aliphatic carbocycles. The van der Waals surface area contributed by atoms with Crippen LogP contribution in [0.25, 0.3) is 0 Å². The summed E-state index contributed by atoms with van der Waals surface area (Å²) in [6.45, 7) is 6.77. The van der Waals surface area contributed by atoms with Crippen molar-refractivity contribution in [2.45, 2.75) is 13.5 Å². The van der Waals surface area contributed by atoms with E-state index in [1.807, 2.05) is 6.07 Å². The number of carbonyl (C=O) groups excluding carboxylic acids is 1. The lowest BCUT2D eigenvalue weighted by Gasteiger charge is -2.26. The predicted octanol–water partition coefficient (Wildman–Crippen LogP) is 0.622. The second-order valence-electron chi connectivity index (χ2n) is 4.00. The van der Waals surface area contributed by atoms with Crippen LogP contribution in [0.15, 0.2) is 12.3 Å². The minimum absolute atomic E-state index is 0.123. The molecule has 15 heavy (non-hydrogen) atoms. The number of carbonyl (C=O) groups is 1. The van der Waals surface area contributed by atoms with Crippen LogP contribution < -0.4 is 5.32 Å². The Balaban J connectivity index is 1.94. The molecule has 2 N–H and O–H groups in total. The van der Waals surface area contributed by atoms with Gasteiger partial charge in [0.15, 0.2) is 5.78 Å². The fourth-order valence-electron chi connectivity index (χ4n) is 1.85. The molecule has 4 heteroatoms. The monoisotopic (exact) mass is 207 g/mol. The zero-order chi connectivity index (χ0) is 10.7. The minimum atomic E-state index is 0.123. The van der Waals surface area contributed by atoms with E-state index < -0.39 is 0 Å². The quantitative estimate of drug-likeness (QED) is 0.714. The number of hydrogen-bond acceptors (Lipinski definition) is 3. The van der Waals surface area contributed by atoms with Gasteiger partial charge in [-0.15, -0.1) is 0 Å². The largest absolute Gasteiger partial charge is 0.363 e. The third-order valence-corrected chi connectivity index (χ3v) is 2.75. The van der Waals surface area contributed by atoms with Gasteiger partial charge in [0.2, 0.25) is 0 Å². The van der Waals surface area contributed by atoms with Crippen LogP contribution in [0.3, 0.4) is 0 Å². The standard InChI is InChI=1S/C11H17N3O/c1-9(15)10-6-11(13-7-10)8-14-4-2-12-3-5-14/h6-7,12-13H,2-5,8H2,1H3. The second-order valence-corrected chi connectivity index (χ2v) is 4.00. The number of piperazine rings is 1. The van der Waals surface area contributed by atoms with Gasteiger partial charge in [-0.2, -0.15) is 0 Å². The lowest BCUT2D eigenvalue weighted by molar-refractivity contribution is 0.101. The van der Waals surface area contributed by atoms with E-state index >= 15 is 0 Å². The highest BCUT2D eigenvalue weighted by Crippen LogP contribution is 2.07. The molecule has 2 heterocycles. The number of H-pyrrole nitrogens is 1. The Hall–Kier alpha value is -1.13. The van der Waals surface area contributed by atoms with Crippen LogP contribution in [-0.2, 0) is 6.54 Å². The van der Waals surface area contributed by atoms with Crippen molar-refractivity contribution in [2.24, 2.45) is 0 Å². The molecule has 0 radical (unpaired) electrons. The smallest absolute Gasteiger partial charge is 0.161 e. The van der Waals surface area contributed by atoms with E-state index in [-0.39, 0.29) is 5.78 Å². The summed E-state index contributed by atoms with van der Waals surface area (Å²) in [5.41, 5.74) is 1.90. The lowest BCUT2D eigenvalue weighted by atomic mass is 10.2. The molecule has 1 aromatic heterocycles. The van der Waals surface area contributed by atoms with Crippen molar-refractivity contribution in [3.8, 4) is 0 Å². The maximum atomic E-state index is 11.1. The summed E-state index contributed by atoms with van der Waals surface area (Å²) < 4.78 is 0. The minimum Gasteiger partial charge on any atom is -0.363 e. The number of hydrogen-bond donors (Lipinski definition) is 2. The topological polar surface area (TPSA) is 48.1 Å². The summed E-state index contributed by atoms with van der Waals surface area (Å²) >= 11 is 0. The second kappa shape index (κ2) is 4.59. The molecule has 0 saturated carbocycles. The first-order valence-electron chi connectivity index (χ1n) is 5.37. The van der Waals surface area contributed by atoms with Gasteiger partial charge < -0.3 is 10.3 Å². The number of aromatic nitrogens is 1. The van der Waals surface area contributed by atoms with Crippen molar-refractivity contribution < 1.29 is 4.79 Å². The maximum Gasteiger partial charge on any atom is 0.161 e. The summed E-state index contributed by atoms with van der Waals surface area (Å²) in [5, 5.41) is 3.32. The highest BCUT2D eigenvalue weighted by Gasteiger charge is 2.11. The third kappa shape index (κ3) is 2.67. The summed E-state index contributed by atoms with van der Waals surface area (Å²) in [5.74, 6) is 0.123. The Kier molecular flexibility index (Phi) is 3.18. The Morgan fingerprint density at radius 3 is 2.80 bits per heavy atom. The van der Waals surface area contributed by atoms with Crippen molar-refractivity contribution in [3.05, 3.63) is 23.5 Å². The first kappa shape index (κ1) is 10.4. The van der Waals surface area contributed by atoms with Gasteiger partial charge in [-0.1, -0.05) is 0 Å². The molecule has 2 rings (SSSR count). The summed E-state index contributed by atoms with van der Waals surface area (Å²) in [7, 11) is 0. The predicted molar refractivity (Wildman–Crippen MR) is 58.9 cm³/mol. The van der Waals surface area contributed by atoms with E-state index in [1.165, 1.54) is 0 Å². The summed E-state index contributed by atoms with van der Waals surface area (Å²) in [6.07, 6.45) is 1.79. The molecule has 0 atom stereocenters. The molecule has 1 aromatic rings. The molecule has 0 amide bonds. The van der Waals surface area contributed by atoms with E-state index in [2.05, 4.69) is 15.2 Å². The van der Waals surface area contributed by atoms with Crippen LogP contribution in [0.4, 0.5) is 0 Å². The van der Waals surface area contributed by atoms with Crippen LogP contribution in [0.5, 0.6) is 0 Å². The number of ketones is 1. The highest BCUT2D eigenvalue weighted by atomic mass is 16.1. The van der Waals surface area contributed by atoms with Crippen molar-refractivity contribution in [1.82, 2.24) is 15.2 Å². The van der Waals surface area contributed by atoms with E-state index in [9.17, 15) is 4.79 Å². The molecule has 1 fully saturated rings. The Morgan fingerprint density at radius 2 is 2.20 bits per heavy atom. The van der Waals surface area contributed by atoms with E-state index in [4.69, 9.17) is 0 Å². The SMILES string of the molecule is CC(=O)c1c[nH]c(CN2CCNCC2)c1. The van der Waals surface area contributed by atoms with Crippen LogP contribution in [0.1, 0.15) is 23.0 Å². The van der Waals surface area contributed by atoms with Crippen molar-refractivity contribution in [1.29, 1.82) is 0 Å². The van der Waals surface area contributed by atoms with Crippen LogP contribution in [0.2, 0.25) is 0 Å². The van der Waals surface area contributed by atoms with Crippen molar-refractivity contribution in [2.75, 3.05) is 26.2 Å². The Morgan fingerprint density at radius 1 is 1.47 bits per heavy atom.